The monoisotopic (exact) mass is 973 g/mol. The fourth-order valence-electron chi connectivity index (χ4n) is 6.70. The van der Waals surface area contributed by atoms with Gasteiger partial charge in [-0.25, -0.2) is 9.59 Å². The highest BCUT2D eigenvalue weighted by Gasteiger charge is 2.16. The van der Waals surface area contributed by atoms with Gasteiger partial charge in [0, 0.05) is 6.08 Å². The molecule has 4 aromatic carbocycles. The van der Waals surface area contributed by atoms with Crippen molar-refractivity contribution in [1.82, 2.24) is 0 Å². The maximum absolute atomic E-state index is 13.6. The molecule has 0 aliphatic carbocycles. The highest BCUT2D eigenvalue weighted by molar-refractivity contribution is 5.96. The van der Waals surface area contributed by atoms with Crippen molar-refractivity contribution in [3.8, 4) is 11.5 Å². The highest BCUT2D eigenvalue weighted by atomic mass is 16.6. The van der Waals surface area contributed by atoms with Crippen LogP contribution in [0.1, 0.15) is 94.5 Å². The van der Waals surface area contributed by atoms with Crippen molar-refractivity contribution in [2.45, 2.75) is 85.2 Å². The SMILES string of the molecule is C=CC.C=CCOCCOC(=O)C(C)C/C=C(\C=C/C(=C)/C=C(\C)OCc1ccc2cc(OCCCCCCOC(=O)C=C)ccc2c1)OC(=O)c1ccc2cc(OCCCCCCOC=O)ccc2c1. The molecule has 1 atom stereocenters. The smallest absolute Gasteiger partial charge is 0.343 e. The quantitative estimate of drug-likeness (QED) is 0.00643. The summed E-state index contributed by atoms with van der Waals surface area (Å²) in [5.41, 5.74) is 1.95. The number of carbonyl (C=O) groups is 4. The lowest BCUT2D eigenvalue weighted by Gasteiger charge is -2.11. The first kappa shape index (κ1) is 58.1. The number of rotatable bonds is 34. The number of esters is 3. The van der Waals surface area contributed by atoms with Crippen molar-refractivity contribution < 1.29 is 57.1 Å². The van der Waals surface area contributed by atoms with Crippen molar-refractivity contribution in [3.63, 3.8) is 0 Å². The summed E-state index contributed by atoms with van der Waals surface area (Å²) in [5, 5.41) is 3.88. The largest absolute Gasteiger partial charge is 0.494 e. The number of hydrogen-bond acceptors (Lipinski definition) is 12. The van der Waals surface area contributed by atoms with Gasteiger partial charge in [-0.3, -0.25) is 9.59 Å². The molecular weight excluding hydrogens is 901 g/mol. The van der Waals surface area contributed by atoms with Crippen LogP contribution < -0.4 is 9.47 Å². The zero-order chi connectivity index (χ0) is 51.5. The molecule has 0 saturated carbocycles. The second-order valence-corrected chi connectivity index (χ2v) is 16.5. The van der Waals surface area contributed by atoms with Gasteiger partial charge < -0.3 is 37.9 Å². The van der Waals surface area contributed by atoms with E-state index in [1.165, 1.54) is 6.08 Å². The third kappa shape index (κ3) is 24.3. The van der Waals surface area contributed by atoms with E-state index in [2.05, 4.69) is 32.4 Å². The second-order valence-electron chi connectivity index (χ2n) is 16.5. The molecule has 0 radical (unpaired) electrons. The topological polar surface area (TPSA) is 142 Å². The molecule has 0 bridgehead atoms. The minimum atomic E-state index is -0.565. The number of allylic oxidation sites excluding steroid dienone is 7. The van der Waals surface area contributed by atoms with E-state index in [-0.39, 0.29) is 31.4 Å². The predicted molar refractivity (Wildman–Crippen MR) is 281 cm³/mol. The highest BCUT2D eigenvalue weighted by Crippen LogP contribution is 2.25. The summed E-state index contributed by atoms with van der Waals surface area (Å²) in [6.07, 6.45) is 18.9. The molecule has 12 heteroatoms. The van der Waals surface area contributed by atoms with Crippen molar-refractivity contribution in [1.29, 1.82) is 0 Å². The number of fused-ring (bicyclic) bond motifs is 2. The summed E-state index contributed by atoms with van der Waals surface area (Å²) in [7, 11) is 0. The Morgan fingerprint density at radius 2 is 1.25 bits per heavy atom. The fraction of sp³-hybridized carbons (Fsp3) is 0.356. The fourth-order valence-corrected chi connectivity index (χ4v) is 6.70. The Balaban J connectivity index is 0.00000432. The molecule has 1 unspecified atom stereocenters. The third-order valence-corrected chi connectivity index (χ3v) is 10.4. The average molecular weight is 973 g/mol. The summed E-state index contributed by atoms with van der Waals surface area (Å²) in [5.74, 6) is 0.552. The van der Waals surface area contributed by atoms with Gasteiger partial charge in [0.15, 0.2) is 0 Å². The molecule has 71 heavy (non-hydrogen) atoms. The second kappa shape index (κ2) is 35.0. The number of carbonyl (C=O) groups excluding carboxylic acids is 4. The van der Waals surface area contributed by atoms with Crippen molar-refractivity contribution >= 4 is 45.9 Å². The molecule has 4 aromatic rings. The van der Waals surface area contributed by atoms with Gasteiger partial charge in [-0.2, -0.15) is 0 Å². The van der Waals surface area contributed by atoms with Crippen LogP contribution in [0.3, 0.4) is 0 Å². The van der Waals surface area contributed by atoms with Gasteiger partial charge in [0.05, 0.1) is 56.9 Å². The molecule has 0 fully saturated rings. The van der Waals surface area contributed by atoms with E-state index < -0.39 is 17.9 Å². The summed E-state index contributed by atoms with van der Waals surface area (Å²) < 4.78 is 44.3. The summed E-state index contributed by atoms with van der Waals surface area (Å²) in [6, 6.07) is 23.2. The molecule has 0 spiro atoms. The Hall–Kier alpha value is -7.18. The molecule has 0 aliphatic heterocycles. The number of benzene rings is 4. The molecule has 4 rings (SSSR count). The molecule has 12 nitrogen and oxygen atoms in total. The first-order valence-corrected chi connectivity index (χ1v) is 24.2. The molecule has 0 N–H and O–H groups in total. The van der Waals surface area contributed by atoms with Crippen LogP contribution >= 0.6 is 0 Å². The molecule has 0 saturated heterocycles. The summed E-state index contributed by atoms with van der Waals surface area (Å²) in [6.45, 7) is 23.6. The van der Waals surface area contributed by atoms with Gasteiger partial charge in [0.25, 0.3) is 6.47 Å². The maximum Gasteiger partial charge on any atom is 0.343 e. The van der Waals surface area contributed by atoms with Gasteiger partial charge >= 0.3 is 17.9 Å². The van der Waals surface area contributed by atoms with Gasteiger partial charge in [0.2, 0.25) is 0 Å². The predicted octanol–water partition coefficient (Wildman–Crippen LogP) is 13.0. The van der Waals surface area contributed by atoms with Crippen LogP contribution in [0.5, 0.6) is 11.5 Å². The van der Waals surface area contributed by atoms with Crippen molar-refractivity contribution in [2.24, 2.45) is 5.92 Å². The van der Waals surface area contributed by atoms with Crippen LogP contribution in [0.2, 0.25) is 0 Å². The van der Waals surface area contributed by atoms with Crippen LogP contribution in [0.15, 0.2) is 159 Å². The molecule has 0 amide bonds. The zero-order valence-electron chi connectivity index (χ0n) is 41.9. The number of ether oxygens (including phenoxy) is 8. The lowest BCUT2D eigenvalue weighted by Crippen LogP contribution is -2.17. The minimum absolute atomic E-state index is 0.117. The minimum Gasteiger partial charge on any atom is -0.494 e. The third-order valence-electron chi connectivity index (χ3n) is 10.4. The average Bonchev–Trinajstić information content (AvgIpc) is 3.37. The molecule has 0 aliphatic rings. The lowest BCUT2D eigenvalue weighted by atomic mass is 10.1. The molecule has 380 valence electrons. The molecule has 0 aromatic heterocycles. The van der Waals surface area contributed by atoms with Crippen LogP contribution in [-0.2, 0) is 49.4 Å². The maximum atomic E-state index is 13.6. The summed E-state index contributed by atoms with van der Waals surface area (Å²) in [4.78, 5) is 47.7. The molecule has 0 heterocycles. The van der Waals surface area contributed by atoms with Gasteiger partial charge in [-0.1, -0.05) is 68.6 Å². The first-order chi connectivity index (χ1) is 34.5. The van der Waals surface area contributed by atoms with Gasteiger partial charge in [-0.05, 0) is 165 Å². The van der Waals surface area contributed by atoms with E-state index >= 15 is 0 Å². The van der Waals surface area contributed by atoms with Gasteiger partial charge in [-0.15, -0.1) is 13.2 Å². The van der Waals surface area contributed by atoms with E-state index in [1.54, 1.807) is 55.5 Å². The number of unbranched alkanes of at least 4 members (excludes halogenated alkanes) is 6. The van der Waals surface area contributed by atoms with Crippen LogP contribution in [0, 0.1) is 5.92 Å². The Bertz CT molecular complexity index is 2430. The van der Waals surface area contributed by atoms with Crippen LogP contribution in [-0.4, -0.2) is 70.6 Å². The van der Waals surface area contributed by atoms with E-state index in [1.807, 2.05) is 68.4 Å². The van der Waals surface area contributed by atoms with Gasteiger partial charge in [0.1, 0.15) is 30.5 Å². The van der Waals surface area contributed by atoms with E-state index in [0.717, 1.165) is 90.0 Å². The van der Waals surface area contributed by atoms with Crippen LogP contribution in [0.4, 0.5) is 0 Å². The normalized spacial score (nSPS) is 11.7. The Morgan fingerprint density at radius 3 is 1.89 bits per heavy atom. The summed E-state index contributed by atoms with van der Waals surface area (Å²) >= 11 is 0. The van der Waals surface area contributed by atoms with Crippen LogP contribution in [0.25, 0.3) is 21.5 Å². The van der Waals surface area contributed by atoms with E-state index in [4.69, 9.17) is 37.9 Å². The Labute approximate surface area is 420 Å². The van der Waals surface area contributed by atoms with Crippen molar-refractivity contribution in [2.75, 3.05) is 46.2 Å². The van der Waals surface area contributed by atoms with E-state index in [0.29, 0.717) is 63.0 Å². The number of hydrogen-bond donors (Lipinski definition) is 0. The zero-order valence-corrected chi connectivity index (χ0v) is 41.9. The Kier molecular flexibility index (Phi) is 28.7. The Morgan fingerprint density at radius 1 is 0.662 bits per heavy atom. The first-order valence-electron chi connectivity index (χ1n) is 24.2. The standard InChI is InChI=1S/C56H66O12.C3H6/c1-6-28-61-33-34-66-55(59)43(4)17-25-51(68-56(60)50-21-20-49-39-53(27-23-47(49)37-50)64-30-13-9-8-12-29-62-41-57)24-16-42(3)35-44(5)67-40-45-18-19-48-38-52(26-22-46(48)36-45)63-31-14-10-11-15-32-65-54(58)7-2;1-3-2/h6-7,16,18-27,35-39,41,43H,1-3,8-15,17,28-34,40H2,4-5H3;3H,1H2,2H3/b24-16-,44-35+,51-25+;. The molecular formula is C59H72O12. The van der Waals surface area contributed by atoms with E-state index in [9.17, 15) is 19.2 Å². The van der Waals surface area contributed by atoms with Crippen molar-refractivity contribution in [3.05, 3.63) is 170 Å². The lowest BCUT2D eigenvalue weighted by molar-refractivity contribution is -0.149.